The molecule has 104 valence electrons. The SMILES string of the molecule is COc1cccc2ccc(C(=O)C3CCNCC3)cc12. The van der Waals surface area contributed by atoms with Crippen molar-refractivity contribution in [1.29, 1.82) is 0 Å². The first-order valence-corrected chi connectivity index (χ1v) is 7.11. The number of ketones is 1. The Bertz CT molecular complexity index is 630. The minimum atomic E-state index is 0.156. The molecule has 2 aromatic rings. The molecule has 1 N–H and O–H groups in total. The molecule has 0 aliphatic carbocycles. The summed E-state index contributed by atoms with van der Waals surface area (Å²) in [6.45, 7) is 1.88. The van der Waals surface area contributed by atoms with Crippen LogP contribution in [0, 0.1) is 5.92 Å². The lowest BCUT2D eigenvalue weighted by atomic mass is 9.89. The van der Waals surface area contributed by atoms with Crippen molar-refractivity contribution in [3.63, 3.8) is 0 Å². The minimum absolute atomic E-state index is 0.156. The zero-order valence-electron chi connectivity index (χ0n) is 11.7. The Labute approximate surface area is 118 Å². The summed E-state index contributed by atoms with van der Waals surface area (Å²) < 4.78 is 5.39. The summed E-state index contributed by atoms with van der Waals surface area (Å²) >= 11 is 0. The Kier molecular flexibility index (Phi) is 3.70. The summed E-state index contributed by atoms with van der Waals surface area (Å²) in [5.41, 5.74) is 0.800. The Hall–Kier alpha value is -1.87. The van der Waals surface area contributed by atoms with Crippen molar-refractivity contribution in [1.82, 2.24) is 5.32 Å². The minimum Gasteiger partial charge on any atom is -0.496 e. The van der Waals surface area contributed by atoms with Gasteiger partial charge in [0.05, 0.1) is 7.11 Å². The second kappa shape index (κ2) is 5.63. The van der Waals surface area contributed by atoms with Gasteiger partial charge in [0.1, 0.15) is 5.75 Å². The van der Waals surface area contributed by atoms with Crippen LogP contribution < -0.4 is 10.1 Å². The molecule has 3 nitrogen and oxygen atoms in total. The number of carbonyl (C=O) groups excluding carboxylic acids is 1. The Morgan fingerprint density at radius 2 is 2.00 bits per heavy atom. The molecule has 0 radical (unpaired) electrons. The van der Waals surface area contributed by atoms with E-state index < -0.39 is 0 Å². The quantitative estimate of drug-likeness (QED) is 0.870. The van der Waals surface area contributed by atoms with Gasteiger partial charge in [0.2, 0.25) is 0 Å². The molecule has 0 aromatic heterocycles. The molecule has 3 heteroatoms. The molecule has 0 bridgehead atoms. The average molecular weight is 269 g/mol. The first kappa shape index (κ1) is 13.1. The monoisotopic (exact) mass is 269 g/mol. The fourth-order valence-electron chi connectivity index (χ4n) is 2.90. The molecule has 0 atom stereocenters. The number of ether oxygens (including phenoxy) is 1. The van der Waals surface area contributed by atoms with Crippen molar-refractivity contribution < 1.29 is 9.53 Å². The summed E-state index contributed by atoms with van der Waals surface area (Å²) in [7, 11) is 1.66. The van der Waals surface area contributed by atoms with Crippen molar-refractivity contribution in [2.75, 3.05) is 20.2 Å². The van der Waals surface area contributed by atoms with Crippen LogP contribution in [0.25, 0.3) is 10.8 Å². The van der Waals surface area contributed by atoms with Crippen LogP contribution in [0.15, 0.2) is 36.4 Å². The van der Waals surface area contributed by atoms with Crippen LogP contribution in [0.4, 0.5) is 0 Å². The van der Waals surface area contributed by atoms with Gasteiger partial charge in [-0.3, -0.25) is 4.79 Å². The highest BCUT2D eigenvalue weighted by Crippen LogP contribution is 2.28. The molecular weight excluding hydrogens is 250 g/mol. The number of hydrogen-bond donors (Lipinski definition) is 1. The van der Waals surface area contributed by atoms with Crippen LogP contribution in [0.1, 0.15) is 23.2 Å². The molecule has 1 saturated heterocycles. The number of nitrogens with one attached hydrogen (secondary N) is 1. The molecule has 1 heterocycles. The number of carbonyl (C=O) groups is 1. The van der Waals surface area contributed by atoms with E-state index in [1.807, 2.05) is 36.4 Å². The van der Waals surface area contributed by atoms with E-state index in [4.69, 9.17) is 4.74 Å². The molecule has 0 saturated carbocycles. The van der Waals surface area contributed by atoms with Gasteiger partial charge >= 0.3 is 0 Å². The number of rotatable bonds is 3. The highest BCUT2D eigenvalue weighted by Gasteiger charge is 2.22. The number of benzene rings is 2. The van der Waals surface area contributed by atoms with E-state index >= 15 is 0 Å². The van der Waals surface area contributed by atoms with Gasteiger partial charge in [-0.25, -0.2) is 0 Å². The normalized spacial score (nSPS) is 16.2. The maximum Gasteiger partial charge on any atom is 0.166 e. The standard InChI is InChI=1S/C17H19NO2/c1-20-16-4-2-3-12-5-6-14(11-15(12)16)17(19)13-7-9-18-10-8-13/h2-6,11,13,18H,7-10H2,1H3. The third-order valence-corrected chi connectivity index (χ3v) is 4.06. The topological polar surface area (TPSA) is 38.3 Å². The third kappa shape index (κ3) is 2.41. The van der Waals surface area contributed by atoms with E-state index in [1.165, 1.54) is 0 Å². The summed E-state index contributed by atoms with van der Waals surface area (Å²) in [4.78, 5) is 12.6. The maximum atomic E-state index is 12.6. The van der Waals surface area contributed by atoms with Gasteiger partial charge in [-0.15, -0.1) is 0 Å². The largest absolute Gasteiger partial charge is 0.496 e. The lowest BCUT2D eigenvalue weighted by molar-refractivity contribution is 0.0895. The zero-order chi connectivity index (χ0) is 13.9. The van der Waals surface area contributed by atoms with E-state index in [0.29, 0.717) is 0 Å². The third-order valence-electron chi connectivity index (χ3n) is 4.06. The highest BCUT2D eigenvalue weighted by molar-refractivity contribution is 6.02. The predicted octanol–water partition coefficient (Wildman–Crippen LogP) is 3.03. The van der Waals surface area contributed by atoms with Gasteiger partial charge in [-0.05, 0) is 43.5 Å². The Balaban J connectivity index is 1.97. The van der Waals surface area contributed by atoms with Crippen molar-refractivity contribution in [2.24, 2.45) is 5.92 Å². The highest BCUT2D eigenvalue weighted by atomic mass is 16.5. The van der Waals surface area contributed by atoms with Crippen LogP contribution in [0.3, 0.4) is 0 Å². The first-order valence-electron chi connectivity index (χ1n) is 7.11. The van der Waals surface area contributed by atoms with E-state index in [-0.39, 0.29) is 11.7 Å². The zero-order valence-corrected chi connectivity index (χ0v) is 11.7. The molecule has 1 aliphatic rings. The average Bonchev–Trinajstić information content (AvgIpc) is 2.54. The fourth-order valence-corrected chi connectivity index (χ4v) is 2.90. The molecule has 1 fully saturated rings. The van der Waals surface area contributed by atoms with Crippen molar-refractivity contribution in [3.8, 4) is 5.75 Å². The molecule has 0 amide bonds. The summed E-state index contributed by atoms with van der Waals surface area (Å²) in [5, 5.41) is 5.41. The van der Waals surface area contributed by atoms with E-state index in [9.17, 15) is 4.79 Å². The van der Waals surface area contributed by atoms with Crippen LogP contribution >= 0.6 is 0 Å². The molecule has 0 spiro atoms. The number of methoxy groups -OCH3 is 1. The number of Topliss-reactive ketones (excluding diaryl/α,β-unsaturated/α-hetero) is 1. The van der Waals surface area contributed by atoms with Crippen LogP contribution in [0.5, 0.6) is 5.75 Å². The summed E-state index contributed by atoms with van der Waals surface area (Å²) in [6, 6.07) is 11.9. The van der Waals surface area contributed by atoms with Crippen LogP contribution in [-0.4, -0.2) is 26.0 Å². The molecule has 0 unspecified atom stereocenters. The van der Waals surface area contributed by atoms with Gasteiger partial charge < -0.3 is 10.1 Å². The van der Waals surface area contributed by atoms with Crippen molar-refractivity contribution >= 4 is 16.6 Å². The molecule has 20 heavy (non-hydrogen) atoms. The Morgan fingerprint density at radius 1 is 1.20 bits per heavy atom. The van der Waals surface area contributed by atoms with E-state index in [1.54, 1.807) is 7.11 Å². The van der Waals surface area contributed by atoms with Gasteiger partial charge in [0.15, 0.2) is 5.78 Å². The molecule has 3 rings (SSSR count). The lowest BCUT2D eigenvalue weighted by Crippen LogP contribution is -2.31. The van der Waals surface area contributed by atoms with Crippen LogP contribution in [0.2, 0.25) is 0 Å². The lowest BCUT2D eigenvalue weighted by Gasteiger charge is -2.21. The number of fused-ring (bicyclic) bond motifs is 1. The second-order valence-electron chi connectivity index (χ2n) is 5.28. The van der Waals surface area contributed by atoms with Gasteiger partial charge in [0.25, 0.3) is 0 Å². The number of piperidine rings is 1. The Morgan fingerprint density at radius 3 is 2.75 bits per heavy atom. The second-order valence-corrected chi connectivity index (χ2v) is 5.28. The van der Waals surface area contributed by atoms with Crippen molar-refractivity contribution in [2.45, 2.75) is 12.8 Å². The first-order chi connectivity index (χ1) is 9.79. The molecular formula is C17H19NO2. The number of hydrogen-bond acceptors (Lipinski definition) is 3. The van der Waals surface area contributed by atoms with Gasteiger partial charge in [-0.1, -0.05) is 24.3 Å². The van der Waals surface area contributed by atoms with E-state index in [0.717, 1.165) is 48.0 Å². The van der Waals surface area contributed by atoms with Crippen molar-refractivity contribution in [3.05, 3.63) is 42.0 Å². The smallest absolute Gasteiger partial charge is 0.166 e. The maximum absolute atomic E-state index is 12.6. The summed E-state index contributed by atoms with van der Waals surface area (Å²) in [5.74, 6) is 1.24. The fraction of sp³-hybridized carbons (Fsp3) is 0.353. The van der Waals surface area contributed by atoms with Gasteiger partial charge in [0, 0.05) is 16.9 Å². The predicted molar refractivity (Wildman–Crippen MR) is 80.4 cm³/mol. The van der Waals surface area contributed by atoms with Crippen LogP contribution in [-0.2, 0) is 0 Å². The van der Waals surface area contributed by atoms with E-state index in [2.05, 4.69) is 5.32 Å². The molecule has 1 aliphatic heterocycles. The summed E-state index contributed by atoms with van der Waals surface area (Å²) in [6.07, 6.45) is 1.87. The molecule has 2 aromatic carbocycles. The van der Waals surface area contributed by atoms with Gasteiger partial charge in [-0.2, -0.15) is 0 Å².